The Morgan fingerprint density at radius 2 is 0.613 bits per heavy atom. The minimum absolute atomic E-state index is 0.311. The highest BCUT2D eigenvalue weighted by Gasteiger charge is 2.44. The van der Waals surface area contributed by atoms with Gasteiger partial charge in [0.1, 0.15) is 0 Å². The van der Waals surface area contributed by atoms with Gasteiger partial charge in [0.15, 0.2) is 34.9 Å². The van der Waals surface area contributed by atoms with Crippen LogP contribution in [0, 0.1) is 34.0 Å². The summed E-state index contributed by atoms with van der Waals surface area (Å²) in [5.74, 6) is 2.89. The molecule has 19 rings (SSSR count). The lowest BCUT2D eigenvalue weighted by Crippen LogP contribution is -2.61. The van der Waals surface area contributed by atoms with Gasteiger partial charge in [0.25, 0.3) is 6.71 Å². The third kappa shape index (κ3) is 10.9. The van der Waals surface area contributed by atoms with Crippen molar-refractivity contribution in [2.24, 2.45) is 0 Å². The van der Waals surface area contributed by atoms with Crippen LogP contribution in [0.3, 0.4) is 0 Å². The Balaban J connectivity index is 0.876. The number of benzene rings is 14. The SMILES string of the molecule is N#Cc1ccc(-n2c3ccc(-c4cc5c6c(c4)N(c4ccc(-c7ccccc7)cc4)c4cc(C#N)ccc4B6c4ccc(C#N)cc4N5c4ccc(-c5ccccc5)cc4)cc3c3ccc(-c4nc(-c5ccccc5)nc(-c5ccccc5)n4)cc32)c(-c2nc(-c3ccccc3)nc(-c3ccccc3)n2)c1. The van der Waals surface area contributed by atoms with Gasteiger partial charge in [-0.1, -0.05) is 237 Å². The summed E-state index contributed by atoms with van der Waals surface area (Å²) < 4.78 is 2.25. The number of nitrogens with zero attached hydrogens (tertiary/aromatic N) is 12. The molecule has 2 aliphatic heterocycles. The van der Waals surface area contributed by atoms with Gasteiger partial charge in [-0.15, -0.1) is 0 Å². The van der Waals surface area contributed by atoms with Crippen molar-refractivity contribution >= 4 is 79.0 Å². The van der Waals surface area contributed by atoms with Crippen LogP contribution in [-0.2, 0) is 0 Å². The van der Waals surface area contributed by atoms with Crippen LogP contribution in [0.1, 0.15) is 16.7 Å². The first kappa shape index (κ1) is 62.1. The second-order valence-electron chi connectivity index (χ2n) is 26.3. The Bertz CT molecular complexity index is 6190. The molecule has 0 spiro atoms. The molecule has 0 saturated heterocycles. The zero-order chi connectivity index (χ0) is 70.8. The molecule has 14 aromatic carbocycles. The van der Waals surface area contributed by atoms with E-state index in [4.69, 9.17) is 29.9 Å². The van der Waals surface area contributed by atoms with E-state index in [1.54, 1.807) is 0 Å². The van der Waals surface area contributed by atoms with Crippen LogP contribution in [0.25, 0.3) is 129 Å². The standard InChI is InChI=1S/C93H55BN12/c95-56-59-33-47-81(77(49-59)93-102-90(68-27-15-5-16-28-68)99-91(103-93)69-29-17-6-18-30-69)106-80-48-39-70(52-76(80)75-44-38-71(53-82(75)106)92-100-88(66-23-11-3-12-24-66)98-89(101-92)67-25-13-4-14-26-67)72-54-85-87-86(55-72)105(74-42-36-65(37-43-74)63-21-9-2-10-22-63)84-51-61(58-97)32-46-79(84)94(87)78-45-31-60(57-96)50-83(78)104(85)73-40-34-64(35-41-73)62-19-7-1-8-20-62/h1-55H. The number of hydrogen-bond acceptors (Lipinski definition) is 11. The molecule has 0 radical (unpaired) electrons. The Labute approximate surface area is 611 Å². The van der Waals surface area contributed by atoms with Crippen LogP contribution in [0.15, 0.2) is 334 Å². The van der Waals surface area contributed by atoms with E-state index in [0.29, 0.717) is 57.2 Å². The van der Waals surface area contributed by atoms with Crippen LogP contribution in [0.2, 0.25) is 0 Å². The normalized spacial score (nSPS) is 11.9. The molecule has 490 valence electrons. The molecule has 0 saturated carbocycles. The Hall–Kier alpha value is -15.0. The first-order valence-corrected chi connectivity index (χ1v) is 34.9. The average Bonchev–Trinajstić information content (AvgIpc) is 0.836. The van der Waals surface area contributed by atoms with E-state index in [1.165, 1.54) is 0 Å². The smallest absolute Gasteiger partial charge is 0.252 e. The fourth-order valence-corrected chi connectivity index (χ4v) is 15.2. The first-order valence-electron chi connectivity index (χ1n) is 34.9. The lowest BCUT2D eigenvalue weighted by Gasteiger charge is -2.44. The lowest BCUT2D eigenvalue weighted by molar-refractivity contribution is 1.06. The van der Waals surface area contributed by atoms with Crippen molar-refractivity contribution < 1.29 is 0 Å². The maximum absolute atomic E-state index is 10.8. The van der Waals surface area contributed by atoms with Crippen LogP contribution in [0.5, 0.6) is 0 Å². The van der Waals surface area contributed by atoms with E-state index in [0.717, 1.165) is 139 Å². The van der Waals surface area contributed by atoms with Gasteiger partial charge in [-0.2, -0.15) is 15.8 Å². The molecular weight excluding hydrogens is 1300 g/mol. The number of nitriles is 3. The second kappa shape index (κ2) is 25.9. The molecule has 3 aromatic heterocycles. The predicted molar refractivity (Wildman–Crippen MR) is 425 cm³/mol. The molecule has 12 nitrogen and oxygen atoms in total. The number of aromatic nitrogens is 7. The van der Waals surface area contributed by atoms with Crippen molar-refractivity contribution in [2.75, 3.05) is 9.80 Å². The molecule has 106 heavy (non-hydrogen) atoms. The summed E-state index contributed by atoms with van der Waals surface area (Å²) in [7, 11) is 0. The maximum Gasteiger partial charge on any atom is 0.252 e. The molecule has 0 aliphatic carbocycles. The number of rotatable bonds is 12. The molecule has 0 fully saturated rings. The lowest BCUT2D eigenvalue weighted by atomic mass is 9.33. The molecule has 13 heteroatoms. The Kier molecular flexibility index (Phi) is 15.2. The van der Waals surface area contributed by atoms with Crippen molar-refractivity contribution in [1.82, 2.24) is 34.5 Å². The molecule has 0 bridgehead atoms. The van der Waals surface area contributed by atoms with E-state index in [1.807, 2.05) is 176 Å². The molecule has 0 amide bonds. The minimum Gasteiger partial charge on any atom is -0.311 e. The van der Waals surface area contributed by atoms with Crippen molar-refractivity contribution in [1.29, 1.82) is 15.8 Å². The van der Waals surface area contributed by atoms with Gasteiger partial charge in [-0.25, -0.2) is 29.9 Å². The molecule has 0 N–H and O–H groups in total. The van der Waals surface area contributed by atoms with E-state index in [2.05, 4.69) is 190 Å². The summed E-state index contributed by atoms with van der Waals surface area (Å²) in [5.41, 5.74) is 23.4. The van der Waals surface area contributed by atoms with Crippen molar-refractivity contribution in [2.45, 2.75) is 0 Å². The number of hydrogen-bond donors (Lipinski definition) is 0. The van der Waals surface area contributed by atoms with Gasteiger partial charge < -0.3 is 14.4 Å². The molecule has 17 aromatic rings. The average molecular weight is 1350 g/mol. The van der Waals surface area contributed by atoms with Crippen molar-refractivity contribution in [3.63, 3.8) is 0 Å². The topological polar surface area (TPSA) is 160 Å². The van der Waals surface area contributed by atoms with E-state index >= 15 is 0 Å². The first-order chi connectivity index (χ1) is 52.4. The number of fused-ring (bicyclic) bond motifs is 7. The van der Waals surface area contributed by atoms with Crippen LogP contribution in [-0.4, -0.2) is 41.2 Å². The zero-order valence-electron chi connectivity index (χ0n) is 56.7. The van der Waals surface area contributed by atoms with Crippen molar-refractivity contribution in [3.8, 4) is 126 Å². The summed E-state index contributed by atoms with van der Waals surface area (Å²) in [6.45, 7) is -0.311. The van der Waals surface area contributed by atoms with Crippen LogP contribution >= 0.6 is 0 Å². The largest absolute Gasteiger partial charge is 0.311 e. The van der Waals surface area contributed by atoms with Gasteiger partial charge >= 0.3 is 0 Å². The molecular formula is C93H55BN12. The van der Waals surface area contributed by atoms with E-state index in [9.17, 15) is 15.8 Å². The summed E-state index contributed by atoms with van der Waals surface area (Å²) in [5, 5.41) is 34.3. The molecule has 0 atom stereocenters. The predicted octanol–water partition coefficient (Wildman–Crippen LogP) is 19.9. The van der Waals surface area contributed by atoms with Crippen LogP contribution < -0.4 is 26.2 Å². The number of anilines is 6. The summed E-state index contributed by atoms with van der Waals surface area (Å²) >= 11 is 0. The van der Waals surface area contributed by atoms with E-state index in [-0.39, 0.29) is 6.71 Å². The zero-order valence-corrected chi connectivity index (χ0v) is 56.7. The molecule has 0 unspecified atom stereocenters. The van der Waals surface area contributed by atoms with Gasteiger partial charge in [-0.05, 0) is 147 Å². The van der Waals surface area contributed by atoms with Gasteiger partial charge in [-0.3, -0.25) is 0 Å². The van der Waals surface area contributed by atoms with Gasteiger partial charge in [0, 0.05) is 78.3 Å². The Morgan fingerprint density at radius 1 is 0.245 bits per heavy atom. The minimum atomic E-state index is -0.311. The quantitative estimate of drug-likeness (QED) is 0.107. The van der Waals surface area contributed by atoms with Gasteiger partial charge in [0.2, 0.25) is 0 Å². The monoisotopic (exact) mass is 1350 g/mol. The summed E-state index contributed by atoms with van der Waals surface area (Å²) in [6, 6.07) is 121. The fraction of sp³-hybridized carbons (Fsp3) is 0. The Morgan fingerprint density at radius 3 is 1.05 bits per heavy atom. The van der Waals surface area contributed by atoms with Gasteiger partial charge in [0.05, 0.1) is 51.6 Å². The van der Waals surface area contributed by atoms with E-state index < -0.39 is 0 Å². The summed E-state index contributed by atoms with van der Waals surface area (Å²) in [4.78, 5) is 35.9. The second-order valence-corrected chi connectivity index (χ2v) is 26.3. The highest BCUT2D eigenvalue weighted by molar-refractivity contribution is 7.00. The third-order valence-electron chi connectivity index (χ3n) is 20.2. The highest BCUT2D eigenvalue weighted by atomic mass is 15.2. The van der Waals surface area contributed by atoms with Crippen LogP contribution in [0.4, 0.5) is 34.1 Å². The molecule has 2 aliphatic rings. The fourth-order valence-electron chi connectivity index (χ4n) is 15.2. The van der Waals surface area contributed by atoms with Crippen molar-refractivity contribution in [3.05, 3.63) is 350 Å². The maximum atomic E-state index is 10.8. The third-order valence-corrected chi connectivity index (χ3v) is 20.2. The highest BCUT2D eigenvalue weighted by Crippen LogP contribution is 2.49. The summed E-state index contributed by atoms with van der Waals surface area (Å²) in [6.07, 6.45) is 0. The molecule has 5 heterocycles.